The summed E-state index contributed by atoms with van der Waals surface area (Å²) in [6, 6.07) is 15.1. The third kappa shape index (κ3) is 5.04. The van der Waals surface area contributed by atoms with Gasteiger partial charge in [-0.15, -0.1) is 0 Å². The van der Waals surface area contributed by atoms with E-state index in [9.17, 15) is 9.59 Å². The zero-order valence-electron chi connectivity index (χ0n) is 17.7. The molecule has 0 saturated heterocycles. The van der Waals surface area contributed by atoms with Crippen LogP contribution < -0.4 is 16.9 Å². The summed E-state index contributed by atoms with van der Waals surface area (Å²) in [5, 5.41) is 7.09. The Morgan fingerprint density at radius 2 is 1.88 bits per heavy atom. The number of hydrogen-bond acceptors (Lipinski definition) is 5. The van der Waals surface area contributed by atoms with Gasteiger partial charge in [0.15, 0.2) is 0 Å². The number of nitrogens with one attached hydrogen (secondary N) is 1. The summed E-state index contributed by atoms with van der Waals surface area (Å²) in [6.45, 7) is 4.15. The van der Waals surface area contributed by atoms with Gasteiger partial charge in [-0.1, -0.05) is 30.9 Å². The molecule has 3 aromatic rings. The number of ether oxygens (including phenoxy) is 1. The molecule has 8 heteroatoms. The normalized spacial score (nSPS) is 11.6. The average Bonchev–Trinajstić information content (AvgIpc) is 3.17. The van der Waals surface area contributed by atoms with Crippen LogP contribution in [-0.4, -0.2) is 35.9 Å². The lowest BCUT2D eigenvalue weighted by atomic mass is 10.1. The van der Waals surface area contributed by atoms with E-state index in [1.807, 2.05) is 42.5 Å². The number of benzene rings is 2. The fourth-order valence-corrected chi connectivity index (χ4v) is 3.28. The predicted molar refractivity (Wildman–Crippen MR) is 126 cm³/mol. The minimum Gasteiger partial charge on any atom is -0.468 e. The van der Waals surface area contributed by atoms with Crippen LogP contribution in [-0.2, 0) is 16.1 Å². The maximum Gasteiger partial charge on any atom is 0.325 e. The van der Waals surface area contributed by atoms with Crippen molar-refractivity contribution in [1.82, 2.24) is 9.88 Å². The number of fused-ring (bicyclic) bond motifs is 1. The Bertz CT molecular complexity index is 1210. The first-order valence-corrected chi connectivity index (χ1v) is 9.87. The zero-order chi connectivity index (χ0) is 23.1. The quantitative estimate of drug-likeness (QED) is 0.126. The molecular weight excluding hydrogens is 406 g/mol. The number of amidine groups is 1. The maximum absolute atomic E-state index is 12.2. The first-order chi connectivity index (χ1) is 15.5. The third-order valence-electron chi connectivity index (χ3n) is 4.95. The summed E-state index contributed by atoms with van der Waals surface area (Å²) in [6.07, 6.45) is 5.56. The summed E-state index contributed by atoms with van der Waals surface area (Å²) in [5.74, 6) is 4.74. The van der Waals surface area contributed by atoms with E-state index in [0.717, 1.165) is 27.7 Å². The number of hydrogen-bond donors (Lipinski definition) is 3. The van der Waals surface area contributed by atoms with Crippen molar-refractivity contribution in [2.45, 2.75) is 6.54 Å². The van der Waals surface area contributed by atoms with Gasteiger partial charge in [0.25, 0.3) is 5.91 Å². The highest BCUT2D eigenvalue weighted by molar-refractivity contribution is 6.01. The zero-order valence-corrected chi connectivity index (χ0v) is 17.7. The van der Waals surface area contributed by atoms with E-state index in [0.29, 0.717) is 12.1 Å². The summed E-state index contributed by atoms with van der Waals surface area (Å²) < 4.78 is 6.68. The van der Waals surface area contributed by atoms with E-state index in [-0.39, 0.29) is 18.3 Å². The van der Waals surface area contributed by atoms with Gasteiger partial charge < -0.3 is 26.2 Å². The lowest BCUT2D eigenvalue weighted by Gasteiger charge is -2.10. The number of esters is 1. The van der Waals surface area contributed by atoms with E-state index < -0.39 is 5.97 Å². The van der Waals surface area contributed by atoms with E-state index in [1.165, 1.54) is 7.11 Å². The van der Waals surface area contributed by atoms with Gasteiger partial charge >= 0.3 is 5.97 Å². The van der Waals surface area contributed by atoms with Crippen LogP contribution in [0.25, 0.3) is 17.0 Å². The van der Waals surface area contributed by atoms with Gasteiger partial charge in [-0.25, -0.2) is 0 Å². The number of rotatable bonds is 8. The highest BCUT2D eigenvalue weighted by Gasteiger charge is 2.11. The monoisotopic (exact) mass is 431 g/mol. The summed E-state index contributed by atoms with van der Waals surface area (Å²) in [5.41, 5.74) is 10.1. The molecule has 1 aromatic heterocycles. The molecule has 0 saturated carbocycles. The molecule has 0 unspecified atom stereocenters. The Labute approximate surface area is 185 Å². The van der Waals surface area contributed by atoms with E-state index in [2.05, 4.69) is 32.4 Å². The molecule has 0 fully saturated rings. The Hall–Kier alpha value is -4.33. The van der Waals surface area contributed by atoms with Crippen molar-refractivity contribution in [3.05, 3.63) is 89.6 Å². The average molecular weight is 431 g/mol. The molecule has 0 bridgehead atoms. The second-order valence-corrected chi connectivity index (χ2v) is 6.99. The lowest BCUT2D eigenvalue weighted by Crippen LogP contribution is -2.30. The first kappa shape index (κ1) is 22.4. The van der Waals surface area contributed by atoms with Crippen LogP contribution in [0.15, 0.2) is 72.4 Å². The fraction of sp³-hybridized carbons (Fsp3) is 0.125. The summed E-state index contributed by atoms with van der Waals surface area (Å²) in [7, 11) is 1.27. The van der Waals surface area contributed by atoms with E-state index in [1.54, 1.807) is 18.2 Å². The molecule has 0 aliphatic rings. The second kappa shape index (κ2) is 10.1. The van der Waals surface area contributed by atoms with Gasteiger partial charge in [-0.2, -0.15) is 5.10 Å². The molecule has 5 N–H and O–H groups in total. The SMILES string of the molecule is C=C/C=C\c1cc2cc(/C(N)=N/N)ccc2n1Cc1ccc(C(=O)NCC(=O)OC)cc1. The molecule has 0 aliphatic heterocycles. The van der Waals surface area contributed by atoms with Crippen molar-refractivity contribution in [1.29, 1.82) is 0 Å². The summed E-state index contributed by atoms with van der Waals surface area (Å²) >= 11 is 0. The number of methoxy groups -OCH3 is 1. The van der Waals surface area contributed by atoms with Crippen LogP contribution in [0, 0.1) is 0 Å². The molecular formula is C24H25N5O3. The van der Waals surface area contributed by atoms with Crippen LogP contribution in [0.5, 0.6) is 0 Å². The van der Waals surface area contributed by atoms with Crippen LogP contribution in [0.3, 0.4) is 0 Å². The number of hydrazone groups is 1. The van der Waals surface area contributed by atoms with Crippen molar-refractivity contribution < 1.29 is 14.3 Å². The van der Waals surface area contributed by atoms with Crippen molar-refractivity contribution in [3.8, 4) is 0 Å². The molecule has 164 valence electrons. The Morgan fingerprint density at radius 3 is 2.53 bits per heavy atom. The van der Waals surface area contributed by atoms with Gasteiger partial charge in [0.1, 0.15) is 12.4 Å². The number of allylic oxidation sites excluding steroid dienone is 2. The Balaban J connectivity index is 1.88. The minimum atomic E-state index is -0.503. The van der Waals surface area contributed by atoms with Crippen molar-refractivity contribution in [3.63, 3.8) is 0 Å². The molecule has 2 aromatic carbocycles. The molecule has 32 heavy (non-hydrogen) atoms. The molecule has 0 atom stereocenters. The Kier molecular flexibility index (Phi) is 7.07. The van der Waals surface area contributed by atoms with Gasteiger partial charge in [0, 0.05) is 34.3 Å². The number of carbonyl (C=O) groups is 2. The number of aromatic nitrogens is 1. The largest absolute Gasteiger partial charge is 0.468 e. The predicted octanol–water partition coefficient (Wildman–Crippen LogP) is 2.37. The topological polar surface area (TPSA) is 125 Å². The van der Waals surface area contributed by atoms with E-state index >= 15 is 0 Å². The van der Waals surface area contributed by atoms with Crippen LogP contribution in [0.4, 0.5) is 0 Å². The fourth-order valence-electron chi connectivity index (χ4n) is 3.28. The smallest absolute Gasteiger partial charge is 0.325 e. The van der Waals surface area contributed by atoms with Crippen LogP contribution in [0.2, 0.25) is 0 Å². The number of nitrogens with zero attached hydrogens (tertiary/aromatic N) is 2. The third-order valence-corrected chi connectivity index (χ3v) is 4.95. The highest BCUT2D eigenvalue weighted by atomic mass is 16.5. The van der Waals surface area contributed by atoms with Crippen LogP contribution in [0.1, 0.15) is 27.2 Å². The van der Waals surface area contributed by atoms with Gasteiger partial charge in [-0.3, -0.25) is 9.59 Å². The molecule has 0 aliphatic carbocycles. The van der Waals surface area contributed by atoms with Gasteiger partial charge in [0.2, 0.25) is 0 Å². The lowest BCUT2D eigenvalue weighted by molar-refractivity contribution is -0.139. The maximum atomic E-state index is 12.2. The minimum absolute atomic E-state index is 0.174. The van der Waals surface area contributed by atoms with Crippen molar-refractivity contribution >= 4 is 34.7 Å². The number of amides is 1. The molecule has 1 heterocycles. The summed E-state index contributed by atoms with van der Waals surface area (Å²) in [4.78, 5) is 23.4. The first-order valence-electron chi connectivity index (χ1n) is 9.87. The van der Waals surface area contributed by atoms with Gasteiger partial charge in [-0.05, 0) is 48.0 Å². The van der Waals surface area contributed by atoms with Crippen LogP contribution >= 0.6 is 0 Å². The second-order valence-electron chi connectivity index (χ2n) is 6.99. The van der Waals surface area contributed by atoms with Crippen molar-refractivity contribution in [2.24, 2.45) is 16.7 Å². The molecule has 1 amide bonds. The van der Waals surface area contributed by atoms with Crippen molar-refractivity contribution in [2.75, 3.05) is 13.7 Å². The molecule has 3 rings (SSSR count). The van der Waals surface area contributed by atoms with Gasteiger partial charge in [0.05, 0.1) is 7.11 Å². The molecule has 0 spiro atoms. The molecule has 0 radical (unpaired) electrons. The molecule has 8 nitrogen and oxygen atoms in total. The highest BCUT2D eigenvalue weighted by Crippen LogP contribution is 2.24. The Morgan fingerprint density at radius 1 is 1.16 bits per heavy atom. The van der Waals surface area contributed by atoms with E-state index in [4.69, 9.17) is 11.6 Å². The standard InChI is InChI=1S/C24H25N5O3/c1-3-4-5-20-13-19-12-18(23(25)28-26)10-11-21(19)29(20)15-16-6-8-17(9-7-16)24(31)27-14-22(30)32-2/h3-13H,1,14-15,26H2,2H3,(H2,25,28)(H,27,31)/b5-4-. The number of nitrogens with two attached hydrogens (primary N) is 2. The number of carbonyl (C=O) groups excluding carboxylic acids is 2.